The van der Waals surface area contributed by atoms with Gasteiger partial charge in [0.1, 0.15) is 6.10 Å². The Morgan fingerprint density at radius 2 is 0.949 bits per heavy atom. The molecular weight excluding hydrogens is 731 g/mol. The lowest BCUT2D eigenvalue weighted by Gasteiger charge is -2.24. The molecule has 0 aliphatic carbocycles. The van der Waals surface area contributed by atoms with Crippen LogP contribution >= 0.6 is 0 Å². The fraction of sp³-hybridized carbons (Fsp3) is 0.623. The van der Waals surface area contributed by atoms with Gasteiger partial charge >= 0.3 is 5.97 Å². The molecular formula is C53H87NO5. The predicted octanol–water partition coefficient (Wildman–Crippen LogP) is 13.9. The normalized spacial score (nSPS) is 14.3. The van der Waals surface area contributed by atoms with E-state index in [1.54, 1.807) is 0 Å². The van der Waals surface area contributed by atoms with Crippen molar-refractivity contribution in [3.05, 3.63) is 109 Å². The number of aliphatic hydroxyl groups is 2. The molecule has 334 valence electrons. The van der Waals surface area contributed by atoms with Crippen LogP contribution < -0.4 is 5.32 Å². The Balaban J connectivity index is 4.83. The minimum Gasteiger partial charge on any atom is -0.461 e. The van der Waals surface area contributed by atoms with Gasteiger partial charge in [0.05, 0.1) is 25.2 Å². The van der Waals surface area contributed by atoms with E-state index in [4.69, 9.17) is 4.74 Å². The first-order chi connectivity index (χ1) is 29.0. The molecule has 0 aromatic heterocycles. The van der Waals surface area contributed by atoms with E-state index >= 15 is 0 Å². The highest BCUT2D eigenvalue weighted by molar-refractivity contribution is 5.77. The zero-order valence-electron chi connectivity index (χ0n) is 37.8. The summed E-state index contributed by atoms with van der Waals surface area (Å²) in [5, 5.41) is 23.6. The van der Waals surface area contributed by atoms with E-state index in [0.29, 0.717) is 19.3 Å². The summed E-state index contributed by atoms with van der Waals surface area (Å²) < 4.78 is 5.83. The van der Waals surface area contributed by atoms with Crippen LogP contribution in [0.5, 0.6) is 0 Å². The van der Waals surface area contributed by atoms with Crippen molar-refractivity contribution in [3.8, 4) is 0 Å². The summed E-state index contributed by atoms with van der Waals surface area (Å²) in [4.78, 5) is 26.0. The number of unbranched alkanes of at least 4 members (excludes halogenated alkanes) is 11. The Morgan fingerprint density at radius 1 is 0.525 bits per heavy atom. The van der Waals surface area contributed by atoms with Crippen molar-refractivity contribution < 1.29 is 24.5 Å². The Bertz CT molecular complexity index is 1240. The largest absolute Gasteiger partial charge is 0.461 e. The molecule has 0 aromatic carbocycles. The molecule has 0 saturated heterocycles. The maximum absolute atomic E-state index is 13.1. The number of rotatable bonds is 40. The van der Waals surface area contributed by atoms with Crippen molar-refractivity contribution in [2.45, 2.75) is 206 Å². The van der Waals surface area contributed by atoms with Gasteiger partial charge in [0, 0.05) is 12.8 Å². The van der Waals surface area contributed by atoms with Gasteiger partial charge in [-0.3, -0.25) is 9.59 Å². The highest BCUT2D eigenvalue weighted by Crippen LogP contribution is 2.15. The summed E-state index contributed by atoms with van der Waals surface area (Å²) in [6.45, 7) is 6.17. The van der Waals surface area contributed by atoms with E-state index in [1.807, 2.05) is 12.2 Å². The van der Waals surface area contributed by atoms with Crippen molar-refractivity contribution >= 4 is 11.9 Å². The molecule has 1 amide bonds. The third kappa shape index (κ3) is 41.1. The van der Waals surface area contributed by atoms with Crippen LogP contribution in [0.3, 0.4) is 0 Å². The molecule has 0 aromatic rings. The summed E-state index contributed by atoms with van der Waals surface area (Å²) >= 11 is 0. The predicted molar refractivity (Wildman–Crippen MR) is 254 cm³/mol. The molecule has 0 bridgehead atoms. The Hall–Kier alpha value is -3.48. The number of amides is 1. The van der Waals surface area contributed by atoms with Gasteiger partial charge in [-0.05, 0) is 83.5 Å². The number of esters is 1. The summed E-state index contributed by atoms with van der Waals surface area (Å²) in [5.41, 5.74) is 0. The summed E-state index contributed by atoms with van der Waals surface area (Å²) in [7, 11) is 0. The zero-order chi connectivity index (χ0) is 43.1. The highest BCUT2D eigenvalue weighted by atomic mass is 16.5. The number of ether oxygens (including phenoxy) is 1. The van der Waals surface area contributed by atoms with E-state index in [9.17, 15) is 19.8 Å². The molecule has 0 saturated carbocycles. The van der Waals surface area contributed by atoms with Gasteiger partial charge in [-0.25, -0.2) is 0 Å². The Kier molecular flexibility index (Phi) is 42.9. The molecule has 3 unspecified atom stereocenters. The first kappa shape index (κ1) is 55.5. The minimum atomic E-state index is -0.822. The average molecular weight is 818 g/mol. The number of hydrogen-bond acceptors (Lipinski definition) is 5. The third-order valence-corrected chi connectivity index (χ3v) is 9.85. The van der Waals surface area contributed by atoms with Crippen molar-refractivity contribution in [3.63, 3.8) is 0 Å². The molecule has 0 aliphatic rings. The molecule has 3 N–H and O–H groups in total. The van der Waals surface area contributed by atoms with Crippen LogP contribution in [0.15, 0.2) is 109 Å². The molecule has 6 nitrogen and oxygen atoms in total. The van der Waals surface area contributed by atoms with Gasteiger partial charge in [-0.1, -0.05) is 194 Å². The maximum Gasteiger partial charge on any atom is 0.306 e. The molecule has 0 rings (SSSR count). The molecule has 0 spiro atoms. The van der Waals surface area contributed by atoms with E-state index in [-0.39, 0.29) is 24.9 Å². The van der Waals surface area contributed by atoms with Gasteiger partial charge in [0.2, 0.25) is 5.91 Å². The number of aliphatic hydroxyl groups excluding tert-OH is 2. The second-order valence-corrected chi connectivity index (χ2v) is 15.4. The van der Waals surface area contributed by atoms with Crippen molar-refractivity contribution in [1.82, 2.24) is 5.32 Å². The lowest BCUT2D eigenvalue weighted by atomic mass is 10.0. The van der Waals surface area contributed by atoms with Crippen LogP contribution in [0.25, 0.3) is 0 Å². The standard InChI is InChI=1S/C53H87NO5/c1-4-7-10-13-16-19-21-23-25-27-29-31-34-37-40-43-46-53(58)59-49(44-41-38-35-33-30-28-26-24-22-20-17-14-11-8-5-2)47-52(57)54-50(48-55)51(56)45-42-39-36-32-18-15-12-9-6-3/h7-8,10-11,16-17,19-20,23-26,29-31,33,38,41,49-51,55-56H,4-6,9,12-15,18,21-22,27-28,32,34-37,39-40,42-48H2,1-3H3,(H,54,57)/b10-7+,11-8-,19-16+,20-17-,25-23+,26-24-,31-29+,33-30-,41-38-. The van der Waals surface area contributed by atoms with Crippen molar-refractivity contribution in [2.75, 3.05) is 6.61 Å². The Morgan fingerprint density at radius 3 is 1.42 bits per heavy atom. The molecule has 0 aliphatic heterocycles. The van der Waals surface area contributed by atoms with Gasteiger partial charge < -0.3 is 20.3 Å². The second kappa shape index (κ2) is 45.6. The number of nitrogens with one attached hydrogen (secondary N) is 1. The Labute approximate surface area is 362 Å². The lowest BCUT2D eigenvalue weighted by molar-refractivity contribution is -0.150. The lowest BCUT2D eigenvalue weighted by Crippen LogP contribution is -2.46. The molecule has 0 radical (unpaired) electrons. The molecule has 59 heavy (non-hydrogen) atoms. The van der Waals surface area contributed by atoms with Crippen molar-refractivity contribution in [1.29, 1.82) is 0 Å². The van der Waals surface area contributed by atoms with Crippen LogP contribution in [0.4, 0.5) is 0 Å². The summed E-state index contributed by atoms with van der Waals surface area (Å²) in [6.07, 6.45) is 61.6. The van der Waals surface area contributed by atoms with E-state index in [2.05, 4.69) is 123 Å². The minimum absolute atomic E-state index is 0.0207. The van der Waals surface area contributed by atoms with Gasteiger partial charge in [-0.2, -0.15) is 0 Å². The quantitative estimate of drug-likeness (QED) is 0.0325. The average Bonchev–Trinajstić information content (AvgIpc) is 3.23. The van der Waals surface area contributed by atoms with Gasteiger partial charge in [0.15, 0.2) is 0 Å². The fourth-order valence-electron chi connectivity index (χ4n) is 6.32. The second-order valence-electron chi connectivity index (χ2n) is 15.4. The zero-order valence-corrected chi connectivity index (χ0v) is 37.8. The van der Waals surface area contributed by atoms with Crippen LogP contribution in [0, 0.1) is 0 Å². The number of carbonyl (C=O) groups excluding carboxylic acids is 2. The van der Waals surface area contributed by atoms with E-state index in [1.165, 1.54) is 38.5 Å². The van der Waals surface area contributed by atoms with Crippen LogP contribution in [0.1, 0.15) is 188 Å². The topological polar surface area (TPSA) is 95.9 Å². The maximum atomic E-state index is 13.1. The molecule has 0 fully saturated rings. The fourth-order valence-corrected chi connectivity index (χ4v) is 6.32. The van der Waals surface area contributed by atoms with Crippen LogP contribution in [-0.2, 0) is 14.3 Å². The number of hydrogen-bond donors (Lipinski definition) is 3. The van der Waals surface area contributed by atoms with Crippen LogP contribution in [0.2, 0.25) is 0 Å². The molecule has 3 atom stereocenters. The highest BCUT2D eigenvalue weighted by Gasteiger charge is 2.23. The first-order valence-corrected chi connectivity index (χ1v) is 23.6. The smallest absolute Gasteiger partial charge is 0.306 e. The summed E-state index contributed by atoms with van der Waals surface area (Å²) in [5.74, 6) is -0.631. The SMILES string of the molecule is CC/C=C\C/C=C\C/C=C\C/C=C\C/C=C\CC(CC(=O)NC(CO)C(O)CCCCCCCCCCC)OC(=O)CCCCC/C=C/C/C=C/C/C=C/C/C=C/CC. The van der Waals surface area contributed by atoms with Crippen LogP contribution in [-0.4, -0.2) is 46.9 Å². The molecule has 0 heterocycles. The third-order valence-electron chi connectivity index (χ3n) is 9.85. The van der Waals surface area contributed by atoms with E-state index in [0.717, 1.165) is 103 Å². The number of allylic oxidation sites excluding steroid dienone is 17. The van der Waals surface area contributed by atoms with Gasteiger partial charge in [0.25, 0.3) is 0 Å². The van der Waals surface area contributed by atoms with Crippen molar-refractivity contribution in [2.24, 2.45) is 0 Å². The summed E-state index contributed by atoms with van der Waals surface area (Å²) in [6, 6.07) is -0.744. The van der Waals surface area contributed by atoms with E-state index < -0.39 is 18.2 Å². The monoisotopic (exact) mass is 818 g/mol. The first-order valence-electron chi connectivity index (χ1n) is 23.6. The molecule has 6 heteroatoms. The number of carbonyl (C=O) groups is 2. The van der Waals surface area contributed by atoms with Gasteiger partial charge in [-0.15, -0.1) is 0 Å².